The first kappa shape index (κ1) is 11.7. The van der Waals surface area contributed by atoms with Crippen molar-refractivity contribution in [2.75, 3.05) is 7.11 Å². The molecule has 0 radical (unpaired) electrons. The third-order valence-corrected chi connectivity index (χ3v) is 3.55. The van der Waals surface area contributed by atoms with Crippen LogP contribution in [0.1, 0.15) is 31.2 Å². The summed E-state index contributed by atoms with van der Waals surface area (Å²) >= 11 is 5.99. The molecule has 0 amide bonds. The second-order valence-electron chi connectivity index (χ2n) is 4.30. The van der Waals surface area contributed by atoms with Crippen LogP contribution in [0.15, 0.2) is 12.1 Å². The van der Waals surface area contributed by atoms with Crippen LogP contribution in [0.5, 0.6) is 5.75 Å². The van der Waals surface area contributed by atoms with Crippen molar-refractivity contribution in [3.8, 4) is 5.75 Å². The smallest absolute Gasteiger partial charge is 0.145 e. The van der Waals surface area contributed by atoms with Gasteiger partial charge in [-0.05, 0) is 25.0 Å². The molecule has 0 bridgehead atoms. The summed E-state index contributed by atoms with van der Waals surface area (Å²) < 4.78 is 19.1. The zero-order chi connectivity index (χ0) is 11.8. The fourth-order valence-electron chi connectivity index (χ4n) is 2.45. The number of methoxy groups -OCH3 is 1. The van der Waals surface area contributed by atoms with Crippen molar-refractivity contribution in [3.63, 3.8) is 0 Å². The summed E-state index contributed by atoms with van der Waals surface area (Å²) in [5, 5.41) is 0.413. The van der Waals surface area contributed by atoms with E-state index >= 15 is 0 Å². The van der Waals surface area contributed by atoms with Crippen molar-refractivity contribution in [3.05, 3.63) is 28.5 Å². The molecule has 0 aliphatic heterocycles. The van der Waals surface area contributed by atoms with Crippen LogP contribution in [0.2, 0.25) is 5.02 Å². The van der Waals surface area contributed by atoms with Crippen molar-refractivity contribution in [1.29, 1.82) is 0 Å². The van der Waals surface area contributed by atoms with E-state index in [1.807, 2.05) is 0 Å². The molecule has 1 saturated carbocycles. The maximum absolute atomic E-state index is 13.9. The predicted octanol–water partition coefficient (Wildman–Crippen LogP) is 3.22. The lowest BCUT2D eigenvalue weighted by Gasteiger charge is -2.27. The van der Waals surface area contributed by atoms with Crippen LogP contribution >= 0.6 is 11.6 Å². The molecule has 88 valence electrons. The van der Waals surface area contributed by atoms with Crippen LogP contribution in [-0.4, -0.2) is 7.11 Å². The van der Waals surface area contributed by atoms with Gasteiger partial charge in [0.2, 0.25) is 0 Å². The third-order valence-electron chi connectivity index (χ3n) is 3.26. The van der Waals surface area contributed by atoms with Gasteiger partial charge < -0.3 is 10.5 Å². The van der Waals surface area contributed by atoms with Gasteiger partial charge in [0.1, 0.15) is 11.6 Å². The summed E-state index contributed by atoms with van der Waals surface area (Å²) in [4.78, 5) is 0. The molecular formula is C12H15ClFNO. The molecule has 1 aromatic rings. The van der Waals surface area contributed by atoms with Crippen molar-refractivity contribution in [2.24, 2.45) is 5.73 Å². The van der Waals surface area contributed by atoms with Gasteiger partial charge in [-0.25, -0.2) is 4.39 Å². The van der Waals surface area contributed by atoms with Crippen LogP contribution in [-0.2, 0) is 5.54 Å². The molecule has 0 heterocycles. The Bertz CT molecular complexity index is 402. The van der Waals surface area contributed by atoms with Crippen LogP contribution in [0.3, 0.4) is 0 Å². The number of nitrogens with two attached hydrogens (primary N) is 1. The van der Waals surface area contributed by atoms with Crippen LogP contribution in [0, 0.1) is 5.82 Å². The maximum Gasteiger partial charge on any atom is 0.145 e. The Hall–Kier alpha value is -0.800. The fraction of sp³-hybridized carbons (Fsp3) is 0.500. The Labute approximate surface area is 99.5 Å². The summed E-state index contributed by atoms with van der Waals surface area (Å²) in [6.07, 6.45) is 3.60. The van der Waals surface area contributed by atoms with Gasteiger partial charge in [-0.2, -0.15) is 0 Å². The van der Waals surface area contributed by atoms with Crippen LogP contribution in [0.25, 0.3) is 0 Å². The zero-order valence-electron chi connectivity index (χ0n) is 9.22. The van der Waals surface area contributed by atoms with E-state index in [1.54, 1.807) is 0 Å². The van der Waals surface area contributed by atoms with Crippen molar-refractivity contribution in [1.82, 2.24) is 0 Å². The SMILES string of the molecule is COc1c(Cl)ccc(F)c1C1(N)CCCC1. The molecule has 16 heavy (non-hydrogen) atoms. The van der Waals surface area contributed by atoms with E-state index < -0.39 is 5.54 Å². The molecule has 2 nitrogen and oxygen atoms in total. The second kappa shape index (κ2) is 4.22. The summed E-state index contributed by atoms with van der Waals surface area (Å²) in [6.45, 7) is 0. The van der Waals surface area contributed by atoms with Gasteiger partial charge in [0.15, 0.2) is 0 Å². The standard InChI is InChI=1S/C12H15ClFNO/c1-16-11-8(13)4-5-9(14)10(11)12(15)6-2-3-7-12/h4-5H,2-3,6-7,15H2,1H3. The summed E-state index contributed by atoms with van der Waals surface area (Å²) in [5.74, 6) is 0.0525. The molecule has 1 aliphatic carbocycles. The molecule has 1 fully saturated rings. The molecule has 2 N–H and O–H groups in total. The highest BCUT2D eigenvalue weighted by atomic mass is 35.5. The lowest BCUT2D eigenvalue weighted by molar-refractivity contribution is 0.366. The van der Waals surface area contributed by atoms with Gasteiger partial charge in [0.05, 0.1) is 17.7 Å². The molecule has 1 aliphatic rings. The van der Waals surface area contributed by atoms with Gasteiger partial charge in [-0.3, -0.25) is 0 Å². The summed E-state index contributed by atoms with van der Waals surface area (Å²) in [6, 6.07) is 2.85. The van der Waals surface area contributed by atoms with Crippen LogP contribution < -0.4 is 10.5 Å². The highest BCUT2D eigenvalue weighted by Gasteiger charge is 2.37. The number of ether oxygens (including phenoxy) is 1. The quantitative estimate of drug-likeness (QED) is 0.866. The fourth-order valence-corrected chi connectivity index (χ4v) is 2.69. The highest BCUT2D eigenvalue weighted by molar-refractivity contribution is 6.32. The normalized spacial score (nSPS) is 18.8. The van der Waals surface area contributed by atoms with E-state index in [4.69, 9.17) is 22.1 Å². The number of rotatable bonds is 2. The first-order valence-corrected chi connectivity index (χ1v) is 5.77. The van der Waals surface area contributed by atoms with E-state index in [0.29, 0.717) is 16.3 Å². The molecular weight excluding hydrogens is 229 g/mol. The van der Waals surface area contributed by atoms with Gasteiger partial charge >= 0.3 is 0 Å². The minimum absolute atomic E-state index is 0.328. The lowest BCUT2D eigenvalue weighted by atomic mass is 9.88. The number of halogens is 2. The molecule has 1 aromatic carbocycles. The van der Waals surface area contributed by atoms with E-state index in [2.05, 4.69) is 0 Å². The largest absolute Gasteiger partial charge is 0.495 e. The molecule has 0 unspecified atom stereocenters. The number of benzene rings is 1. The number of hydrogen-bond acceptors (Lipinski definition) is 2. The van der Waals surface area contributed by atoms with Crippen molar-refractivity contribution < 1.29 is 9.13 Å². The van der Waals surface area contributed by atoms with Crippen LogP contribution in [0.4, 0.5) is 4.39 Å². The molecule has 2 rings (SSSR count). The summed E-state index contributed by atoms with van der Waals surface area (Å²) in [7, 11) is 1.49. The van der Waals surface area contributed by atoms with E-state index in [9.17, 15) is 4.39 Å². The molecule has 0 saturated heterocycles. The van der Waals surface area contributed by atoms with Crippen molar-refractivity contribution in [2.45, 2.75) is 31.2 Å². The second-order valence-corrected chi connectivity index (χ2v) is 4.71. The zero-order valence-corrected chi connectivity index (χ0v) is 9.98. The number of hydrogen-bond donors (Lipinski definition) is 1. The van der Waals surface area contributed by atoms with Crippen molar-refractivity contribution >= 4 is 11.6 Å². The Balaban J connectivity index is 2.57. The minimum Gasteiger partial charge on any atom is -0.495 e. The van der Waals surface area contributed by atoms with E-state index in [1.165, 1.54) is 19.2 Å². The van der Waals surface area contributed by atoms with Gasteiger partial charge in [0.25, 0.3) is 0 Å². The average Bonchev–Trinajstić information content (AvgIpc) is 2.69. The average molecular weight is 244 g/mol. The lowest BCUT2D eigenvalue weighted by Crippen LogP contribution is -2.34. The molecule has 0 spiro atoms. The molecule has 0 atom stereocenters. The Morgan fingerprint density at radius 1 is 1.38 bits per heavy atom. The first-order chi connectivity index (χ1) is 7.58. The highest BCUT2D eigenvalue weighted by Crippen LogP contribution is 2.44. The monoisotopic (exact) mass is 243 g/mol. The summed E-state index contributed by atoms with van der Waals surface area (Å²) in [5.41, 5.74) is 6.05. The van der Waals surface area contributed by atoms with Gasteiger partial charge in [0, 0.05) is 5.54 Å². The Kier molecular flexibility index (Phi) is 3.08. The maximum atomic E-state index is 13.9. The topological polar surface area (TPSA) is 35.2 Å². The first-order valence-electron chi connectivity index (χ1n) is 5.40. The molecule has 0 aromatic heterocycles. The Morgan fingerprint density at radius 2 is 2.00 bits per heavy atom. The predicted molar refractivity (Wildman–Crippen MR) is 62.3 cm³/mol. The Morgan fingerprint density at radius 3 is 2.56 bits per heavy atom. The molecule has 4 heteroatoms. The van der Waals surface area contributed by atoms with E-state index in [0.717, 1.165) is 25.7 Å². The minimum atomic E-state index is -0.625. The van der Waals surface area contributed by atoms with Gasteiger partial charge in [-0.15, -0.1) is 0 Å². The van der Waals surface area contributed by atoms with E-state index in [-0.39, 0.29) is 5.82 Å². The third kappa shape index (κ3) is 1.78. The van der Waals surface area contributed by atoms with Gasteiger partial charge in [-0.1, -0.05) is 24.4 Å².